The maximum atomic E-state index is 2.29. The van der Waals surface area contributed by atoms with Crippen molar-refractivity contribution in [3.8, 4) is 0 Å². The summed E-state index contributed by atoms with van der Waals surface area (Å²) in [5.74, 6) is 0. The van der Waals surface area contributed by atoms with E-state index in [1.807, 2.05) is 0 Å². The van der Waals surface area contributed by atoms with Gasteiger partial charge in [0, 0.05) is 0 Å². The molecule has 0 radical (unpaired) electrons. The highest BCUT2D eigenvalue weighted by molar-refractivity contribution is 5.93. The second-order valence-electron chi connectivity index (χ2n) is 6.43. The van der Waals surface area contributed by atoms with Gasteiger partial charge in [0.15, 0.2) is 0 Å². The van der Waals surface area contributed by atoms with Gasteiger partial charge in [-0.05, 0) is 47.2 Å². The molecule has 1 aliphatic rings. The molecule has 122 valence electrons. The van der Waals surface area contributed by atoms with Crippen molar-refractivity contribution in [2.45, 2.75) is 19.3 Å². The highest BCUT2D eigenvalue weighted by Crippen LogP contribution is 2.56. The Bertz CT molecular complexity index is 904. The highest BCUT2D eigenvalue weighted by atomic mass is 14.5. The van der Waals surface area contributed by atoms with Crippen LogP contribution < -0.4 is 0 Å². The van der Waals surface area contributed by atoms with Gasteiger partial charge in [-0.1, -0.05) is 97.1 Å². The number of allylic oxidation sites excluding steroid dienone is 4. The van der Waals surface area contributed by atoms with Crippen LogP contribution in [0.4, 0.5) is 0 Å². The lowest BCUT2D eigenvalue weighted by atomic mass is 9.67. The molecule has 0 bridgehead atoms. The summed E-state index contributed by atoms with van der Waals surface area (Å²) in [5, 5.41) is 0. The number of rotatable bonds is 2. The van der Waals surface area contributed by atoms with E-state index in [2.05, 4.69) is 111 Å². The molecular weight excluding hydrogens is 300 g/mol. The van der Waals surface area contributed by atoms with Crippen molar-refractivity contribution in [3.05, 3.63) is 125 Å². The fourth-order valence-electron chi connectivity index (χ4n) is 4.39. The summed E-state index contributed by atoms with van der Waals surface area (Å²) in [6.45, 7) is 4.30. The lowest BCUT2D eigenvalue weighted by molar-refractivity contribution is 0.767. The monoisotopic (exact) mass is 322 g/mol. The Morgan fingerprint density at radius 3 is 1.64 bits per heavy atom. The molecule has 3 aromatic rings. The van der Waals surface area contributed by atoms with Crippen LogP contribution in [0.15, 0.2) is 103 Å². The molecule has 0 N–H and O–H groups in total. The first-order chi connectivity index (χ1) is 12.3. The molecule has 0 fully saturated rings. The van der Waals surface area contributed by atoms with Crippen molar-refractivity contribution in [1.29, 1.82) is 0 Å². The first kappa shape index (κ1) is 15.7. The molecule has 25 heavy (non-hydrogen) atoms. The standard InChI is InChI=1S/C25H22/c1-3-21-22-17-11-12-18-24(22)25(23(21)4-2,19-13-7-5-8-14-19)20-15-9-6-10-16-20/h3-18H,1-2H3/b21-3-,23-4+. The summed E-state index contributed by atoms with van der Waals surface area (Å²) in [7, 11) is 0. The van der Waals surface area contributed by atoms with Crippen LogP contribution in [0.3, 0.4) is 0 Å². The number of hydrogen-bond acceptors (Lipinski definition) is 0. The Morgan fingerprint density at radius 1 is 0.600 bits per heavy atom. The van der Waals surface area contributed by atoms with Crippen LogP contribution in [0, 0.1) is 0 Å². The summed E-state index contributed by atoms with van der Waals surface area (Å²) < 4.78 is 0. The quantitative estimate of drug-likeness (QED) is 0.513. The molecule has 0 amide bonds. The molecule has 0 heterocycles. The molecule has 0 saturated heterocycles. The van der Waals surface area contributed by atoms with E-state index >= 15 is 0 Å². The molecule has 1 aliphatic carbocycles. The van der Waals surface area contributed by atoms with E-state index in [4.69, 9.17) is 0 Å². The van der Waals surface area contributed by atoms with E-state index < -0.39 is 0 Å². The lowest BCUT2D eigenvalue weighted by Crippen LogP contribution is -2.28. The van der Waals surface area contributed by atoms with Gasteiger partial charge >= 0.3 is 0 Å². The van der Waals surface area contributed by atoms with Gasteiger partial charge in [0.25, 0.3) is 0 Å². The first-order valence-electron chi connectivity index (χ1n) is 8.88. The fourth-order valence-corrected chi connectivity index (χ4v) is 4.39. The van der Waals surface area contributed by atoms with Gasteiger partial charge in [0.1, 0.15) is 0 Å². The minimum absolute atomic E-state index is 0.254. The normalized spacial score (nSPS) is 18.5. The maximum absolute atomic E-state index is 2.29. The van der Waals surface area contributed by atoms with E-state index in [1.165, 1.54) is 33.4 Å². The number of fused-ring (bicyclic) bond motifs is 1. The predicted octanol–water partition coefficient (Wildman–Crippen LogP) is 6.38. The molecule has 0 aromatic heterocycles. The highest BCUT2D eigenvalue weighted by Gasteiger charge is 2.47. The zero-order valence-electron chi connectivity index (χ0n) is 14.7. The van der Waals surface area contributed by atoms with Crippen LogP contribution in [0.2, 0.25) is 0 Å². The molecule has 4 rings (SSSR count). The van der Waals surface area contributed by atoms with Crippen molar-refractivity contribution in [2.24, 2.45) is 0 Å². The van der Waals surface area contributed by atoms with Gasteiger partial charge in [0.2, 0.25) is 0 Å². The van der Waals surface area contributed by atoms with Crippen molar-refractivity contribution in [2.75, 3.05) is 0 Å². The van der Waals surface area contributed by atoms with E-state index in [9.17, 15) is 0 Å². The third kappa shape index (κ3) is 2.14. The molecule has 0 heteroatoms. The zero-order chi connectivity index (χ0) is 17.3. The molecule has 0 atom stereocenters. The summed E-state index contributed by atoms with van der Waals surface area (Å²) in [5.41, 5.74) is 7.80. The van der Waals surface area contributed by atoms with Crippen molar-refractivity contribution >= 4 is 5.57 Å². The number of benzene rings is 3. The summed E-state index contributed by atoms with van der Waals surface area (Å²) in [6.07, 6.45) is 4.54. The van der Waals surface area contributed by atoms with E-state index in [0.29, 0.717) is 0 Å². The van der Waals surface area contributed by atoms with Gasteiger partial charge in [-0.15, -0.1) is 0 Å². The van der Waals surface area contributed by atoms with Crippen molar-refractivity contribution < 1.29 is 0 Å². The molecule has 0 saturated carbocycles. The van der Waals surface area contributed by atoms with Gasteiger partial charge < -0.3 is 0 Å². The SMILES string of the molecule is C/C=C1\C(=C/C)C(c2ccccc2)(c2ccccc2)c2ccccc21. The Balaban J connectivity index is 2.18. The molecule has 0 spiro atoms. The summed E-state index contributed by atoms with van der Waals surface area (Å²) in [4.78, 5) is 0. The van der Waals surface area contributed by atoms with Crippen LogP contribution in [0.5, 0.6) is 0 Å². The largest absolute Gasteiger partial charge is 0.0822 e. The van der Waals surface area contributed by atoms with Gasteiger partial charge in [0.05, 0.1) is 5.41 Å². The molecule has 0 nitrogen and oxygen atoms in total. The lowest BCUT2D eigenvalue weighted by Gasteiger charge is -2.34. The van der Waals surface area contributed by atoms with Crippen LogP contribution in [0.1, 0.15) is 36.1 Å². The zero-order valence-corrected chi connectivity index (χ0v) is 14.7. The fraction of sp³-hybridized carbons (Fsp3) is 0.120. The Labute approximate surface area is 150 Å². The topological polar surface area (TPSA) is 0 Å². The Morgan fingerprint density at radius 2 is 1.12 bits per heavy atom. The molecule has 0 unspecified atom stereocenters. The van der Waals surface area contributed by atoms with E-state index in [0.717, 1.165) is 0 Å². The van der Waals surface area contributed by atoms with Gasteiger partial charge in [-0.25, -0.2) is 0 Å². The van der Waals surface area contributed by atoms with Crippen LogP contribution in [-0.2, 0) is 5.41 Å². The average molecular weight is 322 g/mol. The molecular formula is C25H22. The van der Waals surface area contributed by atoms with Crippen LogP contribution in [-0.4, -0.2) is 0 Å². The third-order valence-electron chi connectivity index (χ3n) is 5.31. The van der Waals surface area contributed by atoms with Gasteiger partial charge in [-0.2, -0.15) is 0 Å². The minimum Gasteiger partial charge on any atom is -0.0822 e. The summed E-state index contributed by atoms with van der Waals surface area (Å²) >= 11 is 0. The van der Waals surface area contributed by atoms with Crippen molar-refractivity contribution in [1.82, 2.24) is 0 Å². The van der Waals surface area contributed by atoms with Gasteiger partial charge in [-0.3, -0.25) is 0 Å². The predicted molar refractivity (Wildman–Crippen MR) is 107 cm³/mol. The molecule has 3 aromatic carbocycles. The summed E-state index contributed by atoms with van der Waals surface area (Å²) in [6, 6.07) is 30.6. The Hall–Kier alpha value is -2.86. The first-order valence-corrected chi connectivity index (χ1v) is 8.88. The average Bonchev–Trinajstić information content (AvgIpc) is 2.99. The van der Waals surface area contributed by atoms with Crippen molar-refractivity contribution in [3.63, 3.8) is 0 Å². The minimum atomic E-state index is -0.254. The molecule has 0 aliphatic heterocycles. The third-order valence-corrected chi connectivity index (χ3v) is 5.31. The van der Waals surface area contributed by atoms with E-state index in [1.54, 1.807) is 0 Å². The number of hydrogen-bond donors (Lipinski definition) is 0. The second-order valence-corrected chi connectivity index (χ2v) is 6.43. The maximum Gasteiger partial charge on any atom is 0.0710 e. The van der Waals surface area contributed by atoms with E-state index in [-0.39, 0.29) is 5.41 Å². The van der Waals surface area contributed by atoms with Crippen LogP contribution >= 0.6 is 0 Å². The Kier molecular flexibility index (Phi) is 3.89. The smallest absolute Gasteiger partial charge is 0.0710 e. The second kappa shape index (κ2) is 6.22. The van der Waals surface area contributed by atoms with Crippen LogP contribution in [0.25, 0.3) is 5.57 Å².